The molecule has 0 aliphatic rings. The Bertz CT molecular complexity index is 988. The van der Waals surface area contributed by atoms with E-state index in [0.29, 0.717) is 10.7 Å². The first-order valence-electron chi connectivity index (χ1n) is 9.30. The van der Waals surface area contributed by atoms with Crippen LogP contribution in [0.5, 0.6) is 0 Å². The van der Waals surface area contributed by atoms with E-state index in [0.717, 1.165) is 17.1 Å². The molecule has 3 aromatic rings. The summed E-state index contributed by atoms with van der Waals surface area (Å²) >= 11 is 7.08. The number of pyridine rings is 1. The molecule has 1 aromatic carbocycles. The lowest BCUT2D eigenvalue weighted by Crippen LogP contribution is -2.49. The van der Waals surface area contributed by atoms with Crippen molar-refractivity contribution in [2.75, 3.05) is 0 Å². The minimum atomic E-state index is -0.949. The van der Waals surface area contributed by atoms with Crippen molar-refractivity contribution in [2.45, 2.75) is 38.9 Å². The lowest BCUT2D eigenvalue weighted by atomic mass is 10.0. The Morgan fingerprint density at radius 3 is 2.47 bits per heavy atom. The molecule has 1 atom stereocenters. The maximum Gasteiger partial charge on any atom is 0.276 e. The van der Waals surface area contributed by atoms with Crippen molar-refractivity contribution in [3.63, 3.8) is 0 Å². The second-order valence-electron chi connectivity index (χ2n) is 7.75. The van der Waals surface area contributed by atoms with E-state index in [9.17, 15) is 9.59 Å². The quantitative estimate of drug-likeness (QED) is 0.624. The van der Waals surface area contributed by atoms with Gasteiger partial charge >= 0.3 is 0 Å². The molecular weight excluding hydrogens is 422 g/mol. The van der Waals surface area contributed by atoms with Crippen LogP contribution in [0.2, 0.25) is 5.02 Å². The highest BCUT2D eigenvalue weighted by molar-refractivity contribution is 7.03. The van der Waals surface area contributed by atoms with Crippen molar-refractivity contribution in [2.24, 2.45) is 0 Å². The zero-order chi connectivity index (χ0) is 21.7. The fraction of sp³-hybridized carbons (Fsp3) is 0.286. The predicted octanol–water partition coefficient (Wildman–Crippen LogP) is 3.88. The number of hydrogen-bond acceptors (Lipinski definition) is 6. The average Bonchev–Trinajstić information content (AvgIpc) is 3.23. The Hall–Kier alpha value is -2.84. The number of rotatable bonds is 6. The van der Waals surface area contributed by atoms with Crippen molar-refractivity contribution in [1.82, 2.24) is 24.8 Å². The van der Waals surface area contributed by atoms with E-state index in [1.54, 1.807) is 41.9 Å². The first kappa shape index (κ1) is 21.9. The van der Waals surface area contributed by atoms with Crippen LogP contribution < -0.4 is 5.32 Å². The van der Waals surface area contributed by atoms with E-state index in [4.69, 9.17) is 11.6 Å². The molecule has 0 radical (unpaired) electrons. The number of carbonyl (C=O) groups is 2. The van der Waals surface area contributed by atoms with E-state index < -0.39 is 17.5 Å². The van der Waals surface area contributed by atoms with Crippen LogP contribution in [-0.4, -0.2) is 36.8 Å². The molecule has 0 bridgehead atoms. The maximum atomic E-state index is 13.4. The summed E-state index contributed by atoms with van der Waals surface area (Å²) in [6.07, 6.45) is 1.60. The van der Waals surface area contributed by atoms with Gasteiger partial charge in [-0.05, 0) is 62.1 Å². The van der Waals surface area contributed by atoms with Gasteiger partial charge in [-0.1, -0.05) is 34.3 Å². The molecule has 1 unspecified atom stereocenters. The van der Waals surface area contributed by atoms with Gasteiger partial charge in [0.15, 0.2) is 11.7 Å². The molecule has 0 saturated heterocycles. The molecule has 0 aliphatic heterocycles. The van der Waals surface area contributed by atoms with E-state index in [1.807, 2.05) is 32.9 Å². The molecule has 0 aliphatic carbocycles. The topological polar surface area (TPSA) is 88.1 Å². The number of amides is 2. The highest BCUT2D eigenvalue weighted by Crippen LogP contribution is 2.25. The zero-order valence-corrected chi connectivity index (χ0v) is 18.4. The molecule has 0 saturated carbocycles. The van der Waals surface area contributed by atoms with Crippen molar-refractivity contribution in [3.8, 4) is 0 Å². The molecular formula is C21H22ClN5O2S. The van der Waals surface area contributed by atoms with Gasteiger partial charge in [0.1, 0.15) is 0 Å². The summed E-state index contributed by atoms with van der Waals surface area (Å²) in [6.45, 7) is 5.83. The Morgan fingerprint density at radius 1 is 1.17 bits per heavy atom. The van der Waals surface area contributed by atoms with Crippen LogP contribution in [0, 0.1) is 0 Å². The monoisotopic (exact) mass is 443 g/mol. The second kappa shape index (κ2) is 9.32. The second-order valence-corrected chi connectivity index (χ2v) is 8.79. The number of carbonyl (C=O) groups excluding carboxylic acids is 2. The van der Waals surface area contributed by atoms with E-state index in [2.05, 4.69) is 19.9 Å². The minimum absolute atomic E-state index is 0.173. The number of halogens is 1. The first-order valence-corrected chi connectivity index (χ1v) is 10.5. The van der Waals surface area contributed by atoms with Gasteiger partial charge in [-0.15, -0.1) is 5.10 Å². The predicted molar refractivity (Wildman–Crippen MR) is 116 cm³/mol. The summed E-state index contributed by atoms with van der Waals surface area (Å²) < 4.78 is 3.79. The third-order valence-electron chi connectivity index (χ3n) is 4.13. The lowest BCUT2D eigenvalue weighted by Gasteiger charge is -2.32. The Kier molecular flexibility index (Phi) is 6.79. The van der Waals surface area contributed by atoms with Crippen LogP contribution in [0.3, 0.4) is 0 Å². The van der Waals surface area contributed by atoms with E-state index in [1.165, 1.54) is 4.90 Å². The third kappa shape index (κ3) is 5.61. The normalized spacial score (nSPS) is 12.3. The minimum Gasteiger partial charge on any atom is -0.349 e. The molecule has 1 N–H and O–H groups in total. The van der Waals surface area contributed by atoms with Crippen molar-refractivity contribution >= 4 is 34.9 Å². The highest BCUT2D eigenvalue weighted by Gasteiger charge is 2.35. The number of aromatic nitrogens is 3. The van der Waals surface area contributed by atoms with Crippen molar-refractivity contribution in [3.05, 3.63) is 76.0 Å². The fourth-order valence-electron chi connectivity index (χ4n) is 2.88. The van der Waals surface area contributed by atoms with Gasteiger partial charge in [0, 0.05) is 28.7 Å². The molecule has 0 spiro atoms. The fourth-order valence-corrected chi connectivity index (χ4v) is 3.44. The Morgan fingerprint density at radius 2 is 1.90 bits per heavy atom. The summed E-state index contributed by atoms with van der Waals surface area (Å²) in [5.74, 6) is -0.731. The van der Waals surface area contributed by atoms with Crippen LogP contribution in [0.25, 0.3) is 0 Å². The molecule has 30 heavy (non-hydrogen) atoms. The number of nitrogens with zero attached hydrogens (tertiary/aromatic N) is 4. The van der Waals surface area contributed by atoms with Crippen LogP contribution >= 0.6 is 23.1 Å². The summed E-state index contributed by atoms with van der Waals surface area (Å²) in [4.78, 5) is 32.5. The summed E-state index contributed by atoms with van der Waals surface area (Å²) in [7, 11) is 0. The van der Waals surface area contributed by atoms with Gasteiger partial charge in [-0.3, -0.25) is 14.6 Å². The SMILES string of the molecule is CC(C)(C)NC(=O)C(c1ccccn1)N(Cc1ccc(Cl)cc1)C(=O)c1csnn1. The lowest BCUT2D eigenvalue weighted by molar-refractivity contribution is -0.127. The molecule has 9 heteroatoms. The first-order chi connectivity index (χ1) is 14.2. The molecule has 3 rings (SSSR count). The molecule has 156 valence electrons. The van der Waals surface area contributed by atoms with Gasteiger partial charge in [0.05, 0.1) is 5.69 Å². The molecule has 2 heterocycles. The average molecular weight is 444 g/mol. The number of hydrogen-bond donors (Lipinski definition) is 1. The van der Waals surface area contributed by atoms with E-state index >= 15 is 0 Å². The molecule has 2 amide bonds. The van der Waals surface area contributed by atoms with Crippen molar-refractivity contribution in [1.29, 1.82) is 0 Å². The van der Waals surface area contributed by atoms with Gasteiger partial charge < -0.3 is 10.2 Å². The molecule has 2 aromatic heterocycles. The third-order valence-corrected chi connectivity index (χ3v) is 4.89. The standard InChI is InChI=1S/C21H22ClN5O2S/c1-21(2,3)24-19(28)18(16-6-4-5-11-23-16)27(20(29)17-13-30-26-25-17)12-14-7-9-15(22)10-8-14/h4-11,13,18H,12H2,1-3H3,(H,24,28). The van der Waals surface area contributed by atoms with Crippen LogP contribution in [0.1, 0.15) is 48.6 Å². The molecule has 0 fully saturated rings. The van der Waals surface area contributed by atoms with Gasteiger partial charge in [0.25, 0.3) is 5.91 Å². The largest absolute Gasteiger partial charge is 0.349 e. The number of nitrogens with one attached hydrogen (secondary N) is 1. The van der Waals surface area contributed by atoms with Gasteiger partial charge in [-0.2, -0.15) is 0 Å². The summed E-state index contributed by atoms with van der Waals surface area (Å²) in [5, 5.41) is 9.03. The number of benzene rings is 1. The Labute approximate surface area is 184 Å². The van der Waals surface area contributed by atoms with Crippen LogP contribution in [-0.2, 0) is 11.3 Å². The smallest absolute Gasteiger partial charge is 0.276 e. The maximum absolute atomic E-state index is 13.4. The van der Waals surface area contributed by atoms with E-state index in [-0.39, 0.29) is 18.1 Å². The Balaban J connectivity index is 2.06. The van der Waals surface area contributed by atoms with Gasteiger partial charge in [-0.25, -0.2) is 0 Å². The molecule has 7 nitrogen and oxygen atoms in total. The van der Waals surface area contributed by atoms with Crippen molar-refractivity contribution < 1.29 is 9.59 Å². The highest BCUT2D eigenvalue weighted by atomic mass is 35.5. The summed E-state index contributed by atoms with van der Waals surface area (Å²) in [5.41, 5.74) is 0.977. The van der Waals surface area contributed by atoms with Crippen LogP contribution in [0.4, 0.5) is 0 Å². The zero-order valence-electron chi connectivity index (χ0n) is 16.9. The van der Waals surface area contributed by atoms with Gasteiger partial charge in [0.2, 0.25) is 5.91 Å². The summed E-state index contributed by atoms with van der Waals surface area (Å²) in [6, 6.07) is 11.5. The van der Waals surface area contributed by atoms with Crippen LogP contribution in [0.15, 0.2) is 54.0 Å².